The molecule has 1 aliphatic rings. The summed E-state index contributed by atoms with van der Waals surface area (Å²) in [7, 11) is 1.30. The van der Waals surface area contributed by atoms with Gasteiger partial charge < -0.3 is 9.47 Å². The molecule has 0 fully saturated rings. The van der Waals surface area contributed by atoms with Crippen LogP contribution >= 0.6 is 34.5 Å². The summed E-state index contributed by atoms with van der Waals surface area (Å²) in [5.74, 6) is -0.917. The van der Waals surface area contributed by atoms with Gasteiger partial charge in [0.15, 0.2) is 4.80 Å². The van der Waals surface area contributed by atoms with E-state index in [2.05, 4.69) is 4.99 Å². The van der Waals surface area contributed by atoms with Crippen LogP contribution in [0.2, 0.25) is 10.0 Å². The van der Waals surface area contributed by atoms with Gasteiger partial charge in [-0.25, -0.2) is 14.6 Å². The first-order valence-electron chi connectivity index (χ1n) is 11.4. The standard InChI is InChI=1S/C27H24Cl2N2O5S/c1-14(2)13-36-26(34)22-15(3)30-27-31(23(22)16-8-10-17(11-9-16)25(33)35-4)24(32)21(37-27)12-18-19(28)6-5-7-20(18)29/h5-12,14,23H,13H2,1-4H3. The second-order valence-corrected chi connectivity index (χ2v) is 10.6. The van der Waals surface area contributed by atoms with Gasteiger partial charge in [0.2, 0.25) is 0 Å². The highest BCUT2D eigenvalue weighted by Gasteiger charge is 2.33. The zero-order valence-corrected chi connectivity index (χ0v) is 22.9. The Hall–Kier alpha value is -3.20. The molecular weight excluding hydrogens is 535 g/mol. The summed E-state index contributed by atoms with van der Waals surface area (Å²) < 4.78 is 12.2. The molecule has 0 saturated heterocycles. The highest BCUT2D eigenvalue weighted by atomic mass is 35.5. The molecule has 0 N–H and O–H groups in total. The van der Waals surface area contributed by atoms with Gasteiger partial charge in [-0.15, -0.1) is 0 Å². The van der Waals surface area contributed by atoms with Crippen LogP contribution in [-0.4, -0.2) is 30.2 Å². The number of ether oxygens (including phenoxy) is 2. The number of esters is 2. The number of allylic oxidation sites excluding steroid dienone is 1. The smallest absolute Gasteiger partial charge is 0.338 e. The van der Waals surface area contributed by atoms with Crippen molar-refractivity contribution >= 4 is 52.6 Å². The molecule has 192 valence electrons. The monoisotopic (exact) mass is 558 g/mol. The maximum Gasteiger partial charge on any atom is 0.338 e. The zero-order chi connectivity index (χ0) is 26.9. The molecule has 10 heteroatoms. The van der Waals surface area contributed by atoms with E-state index in [1.165, 1.54) is 23.0 Å². The molecule has 0 radical (unpaired) electrons. The number of carbonyl (C=O) groups is 2. The molecule has 3 aromatic rings. The summed E-state index contributed by atoms with van der Waals surface area (Å²) in [5.41, 5.74) is 1.81. The van der Waals surface area contributed by atoms with E-state index in [4.69, 9.17) is 32.7 Å². The Bertz CT molecular complexity index is 1570. The number of aromatic nitrogens is 1. The van der Waals surface area contributed by atoms with Gasteiger partial charge in [0.25, 0.3) is 5.56 Å². The van der Waals surface area contributed by atoms with Gasteiger partial charge in [-0.3, -0.25) is 9.36 Å². The third kappa shape index (κ3) is 5.42. The summed E-state index contributed by atoms with van der Waals surface area (Å²) in [6.07, 6.45) is 1.63. The van der Waals surface area contributed by atoms with Gasteiger partial charge in [-0.2, -0.15) is 0 Å². The van der Waals surface area contributed by atoms with Crippen LogP contribution in [0.3, 0.4) is 0 Å². The molecule has 0 spiro atoms. The number of halogens is 2. The molecule has 0 aliphatic carbocycles. The maximum atomic E-state index is 13.7. The molecule has 2 heterocycles. The van der Waals surface area contributed by atoms with Crippen molar-refractivity contribution in [1.82, 2.24) is 4.57 Å². The molecule has 0 bridgehead atoms. The minimum absolute atomic E-state index is 0.129. The summed E-state index contributed by atoms with van der Waals surface area (Å²) in [4.78, 5) is 43.9. The van der Waals surface area contributed by atoms with Crippen molar-refractivity contribution in [3.8, 4) is 0 Å². The molecule has 0 amide bonds. The van der Waals surface area contributed by atoms with Crippen LogP contribution in [0.4, 0.5) is 0 Å². The normalized spacial score (nSPS) is 15.4. The first kappa shape index (κ1) is 26.9. The van der Waals surface area contributed by atoms with E-state index in [1.54, 1.807) is 55.5 Å². The Morgan fingerprint density at radius 3 is 2.35 bits per heavy atom. The van der Waals surface area contributed by atoms with Crippen LogP contribution in [0.5, 0.6) is 0 Å². The van der Waals surface area contributed by atoms with Crippen LogP contribution in [0.25, 0.3) is 6.08 Å². The van der Waals surface area contributed by atoms with Crippen molar-refractivity contribution in [3.63, 3.8) is 0 Å². The maximum absolute atomic E-state index is 13.7. The van der Waals surface area contributed by atoms with Crippen molar-refractivity contribution in [2.45, 2.75) is 26.8 Å². The van der Waals surface area contributed by atoms with Gasteiger partial charge in [0.1, 0.15) is 0 Å². The van der Waals surface area contributed by atoms with Crippen LogP contribution in [-0.2, 0) is 14.3 Å². The minimum atomic E-state index is -0.813. The summed E-state index contributed by atoms with van der Waals surface area (Å²) in [6, 6.07) is 10.8. The SMILES string of the molecule is COC(=O)c1ccc(C2C(C(=O)OCC(C)C)=C(C)N=c3sc(=Cc4c(Cl)cccc4Cl)c(=O)n32)cc1. The number of fused-ring (bicyclic) bond motifs is 1. The quantitative estimate of drug-likeness (QED) is 0.415. The van der Waals surface area contributed by atoms with E-state index in [0.717, 1.165) is 0 Å². The van der Waals surface area contributed by atoms with Crippen molar-refractivity contribution in [2.24, 2.45) is 10.9 Å². The highest BCUT2D eigenvalue weighted by molar-refractivity contribution is 7.07. The highest BCUT2D eigenvalue weighted by Crippen LogP contribution is 2.31. The lowest BCUT2D eigenvalue weighted by molar-refractivity contribution is -0.140. The predicted octanol–water partition coefficient (Wildman–Crippen LogP) is 4.53. The Morgan fingerprint density at radius 2 is 1.76 bits per heavy atom. The lowest BCUT2D eigenvalue weighted by atomic mass is 9.95. The molecule has 0 saturated carbocycles. The van der Waals surface area contributed by atoms with Crippen molar-refractivity contribution in [1.29, 1.82) is 0 Å². The van der Waals surface area contributed by atoms with Crippen molar-refractivity contribution in [3.05, 3.63) is 100 Å². The molecule has 4 rings (SSSR count). The average Bonchev–Trinajstić information content (AvgIpc) is 3.17. The number of methoxy groups -OCH3 is 1. The van der Waals surface area contributed by atoms with E-state index < -0.39 is 18.0 Å². The molecule has 1 atom stereocenters. The third-order valence-corrected chi connectivity index (χ3v) is 7.35. The fourth-order valence-corrected chi connectivity index (χ4v) is 5.45. The van der Waals surface area contributed by atoms with Crippen LogP contribution in [0, 0.1) is 5.92 Å². The number of thiazole rings is 1. The fourth-order valence-electron chi connectivity index (χ4n) is 3.92. The second-order valence-electron chi connectivity index (χ2n) is 8.82. The molecular formula is C27H24Cl2N2O5S. The molecule has 2 aromatic carbocycles. The second kappa shape index (κ2) is 11.0. The van der Waals surface area contributed by atoms with Crippen LogP contribution in [0.1, 0.15) is 48.3 Å². The number of nitrogens with zero attached hydrogens (tertiary/aromatic N) is 2. The predicted molar refractivity (Wildman–Crippen MR) is 144 cm³/mol. The Kier molecular flexibility index (Phi) is 8.02. The molecule has 7 nitrogen and oxygen atoms in total. The van der Waals surface area contributed by atoms with E-state index >= 15 is 0 Å². The minimum Gasteiger partial charge on any atom is -0.465 e. The van der Waals surface area contributed by atoms with Gasteiger partial charge in [0.05, 0.1) is 41.1 Å². The molecule has 1 aromatic heterocycles. The summed E-state index contributed by atoms with van der Waals surface area (Å²) in [5, 5.41) is 0.810. The Morgan fingerprint density at radius 1 is 1.11 bits per heavy atom. The summed E-state index contributed by atoms with van der Waals surface area (Å²) in [6.45, 7) is 5.81. The van der Waals surface area contributed by atoms with Gasteiger partial charge in [-0.1, -0.05) is 66.6 Å². The van der Waals surface area contributed by atoms with Crippen LogP contribution in [0.15, 0.2) is 63.5 Å². The lowest BCUT2D eigenvalue weighted by Gasteiger charge is -2.25. The number of rotatable bonds is 6. The topological polar surface area (TPSA) is 87.0 Å². The average molecular weight is 559 g/mol. The zero-order valence-electron chi connectivity index (χ0n) is 20.6. The van der Waals surface area contributed by atoms with Gasteiger partial charge >= 0.3 is 11.9 Å². The first-order valence-corrected chi connectivity index (χ1v) is 13.0. The fraction of sp³-hybridized carbons (Fsp3) is 0.259. The molecule has 1 aliphatic heterocycles. The molecule has 37 heavy (non-hydrogen) atoms. The van der Waals surface area contributed by atoms with Gasteiger partial charge in [-0.05, 0) is 48.7 Å². The van der Waals surface area contributed by atoms with Crippen molar-refractivity contribution in [2.75, 3.05) is 13.7 Å². The number of benzene rings is 2. The first-order chi connectivity index (χ1) is 17.6. The molecule has 1 unspecified atom stereocenters. The number of hydrogen-bond acceptors (Lipinski definition) is 7. The largest absolute Gasteiger partial charge is 0.465 e. The lowest BCUT2D eigenvalue weighted by Crippen LogP contribution is -2.40. The summed E-state index contributed by atoms with van der Waals surface area (Å²) >= 11 is 13.8. The van der Waals surface area contributed by atoms with E-state index in [-0.39, 0.29) is 23.7 Å². The van der Waals surface area contributed by atoms with Crippen molar-refractivity contribution < 1.29 is 19.1 Å². The Balaban J connectivity index is 1.92. The number of carbonyl (C=O) groups excluding carboxylic acids is 2. The van der Waals surface area contributed by atoms with E-state index in [0.29, 0.717) is 41.8 Å². The van der Waals surface area contributed by atoms with E-state index in [9.17, 15) is 14.4 Å². The third-order valence-electron chi connectivity index (χ3n) is 5.71. The number of hydrogen-bond donors (Lipinski definition) is 0. The Labute approximate surface area is 227 Å². The van der Waals surface area contributed by atoms with E-state index in [1.807, 2.05) is 13.8 Å². The van der Waals surface area contributed by atoms with Crippen LogP contribution < -0.4 is 14.9 Å². The van der Waals surface area contributed by atoms with Gasteiger partial charge in [0, 0.05) is 15.6 Å².